The molecule has 8 nitrogen and oxygen atoms in total. The zero-order valence-electron chi connectivity index (χ0n) is 15.5. The van der Waals surface area contributed by atoms with Gasteiger partial charge in [-0.25, -0.2) is 32.0 Å². The van der Waals surface area contributed by atoms with E-state index in [1.807, 2.05) is 4.72 Å². The quantitative estimate of drug-likeness (QED) is 0.585. The number of halogens is 2. The van der Waals surface area contributed by atoms with Gasteiger partial charge in [0.15, 0.2) is 5.82 Å². The van der Waals surface area contributed by atoms with E-state index in [2.05, 4.69) is 9.97 Å². The van der Waals surface area contributed by atoms with Crippen molar-refractivity contribution in [3.63, 3.8) is 0 Å². The molecule has 0 atom stereocenters. The Kier molecular flexibility index (Phi) is 6.04. The molecule has 0 bridgehead atoms. The average molecular weight is 435 g/mol. The molecule has 1 heterocycles. The molecule has 0 saturated heterocycles. The van der Waals surface area contributed by atoms with Gasteiger partial charge in [0.05, 0.1) is 16.1 Å². The van der Waals surface area contributed by atoms with Gasteiger partial charge in [0, 0.05) is 31.1 Å². The van der Waals surface area contributed by atoms with Crippen LogP contribution in [-0.2, 0) is 21.4 Å². The molecular formula is C19H15F2N3O5S. The number of carbonyl (C=O) groups is 1. The Balaban J connectivity index is 1.83. The first-order valence-electron chi connectivity index (χ1n) is 8.36. The molecule has 156 valence electrons. The standard InChI is InChI=1S/C19H15F2N3O5S/c1-29-10-18-22-8-12(9-23-18)11-2-4-13(5-3-11)30(27,28)24-17-7-15(20)14(19(25)26)6-16(17)21/h2-9,24H,10H2,1H3,(H,25,26). The molecule has 2 aromatic carbocycles. The molecule has 0 aliphatic rings. The third-order valence-corrected chi connectivity index (χ3v) is 5.39. The van der Waals surface area contributed by atoms with E-state index in [1.165, 1.54) is 31.4 Å². The average Bonchev–Trinajstić information content (AvgIpc) is 2.71. The van der Waals surface area contributed by atoms with Crippen LogP contribution in [0.1, 0.15) is 16.2 Å². The zero-order chi connectivity index (χ0) is 21.9. The second kappa shape index (κ2) is 8.51. The number of anilines is 1. The number of nitrogens with one attached hydrogen (secondary N) is 1. The third-order valence-electron chi connectivity index (χ3n) is 4.01. The van der Waals surface area contributed by atoms with Crippen LogP contribution in [0, 0.1) is 11.6 Å². The maximum atomic E-state index is 14.0. The summed E-state index contributed by atoms with van der Waals surface area (Å²) in [4.78, 5) is 18.9. The molecule has 0 saturated carbocycles. The van der Waals surface area contributed by atoms with Crippen LogP contribution in [-0.4, -0.2) is 36.6 Å². The van der Waals surface area contributed by atoms with Gasteiger partial charge in [0.1, 0.15) is 18.2 Å². The highest BCUT2D eigenvalue weighted by Crippen LogP contribution is 2.25. The van der Waals surface area contributed by atoms with Crippen molar-refractivity contribution in [2.45, 2.75) is 11.5 Å². The molecule has 3 rings (SSSR count). The van der Waals surface area contributed by atoms with Crippen LogP contribution in [0.3, 0.4) is 0 Å². The van der Waals surface area contributed by atoms with Crippen molar-refractivity contribution in [2.75, 3.05) is 11.8 Å². The molecular weight excluding hydrogens is 420 g/mol. The van der Waals surface area contributed by atoms with Crippen molar-refractivity contribution in [3.8, 4) is 11.1 Å². The zero-order valence-corrected chi connectivity index (χ0v) is 16.3. The van der Waals surface area contributed by atoms with Gasteiger partial charge in [0.25, 0.3) is 10.0 Å². The molecule has 0 amide bonds. The number of rotatable bonds is 7. The van der Waals surface area contributed by atoms with E-state index in [0.29, 0.717) is 29.1 Å². The van der Waals surface area contributed by atoms with Gasteiger partial charge in [0.2, 0.25) is 0 Å². The highest BCUT2D eigenvalue weighted by atomic mass is 32.2. The Morgan fingerprint density at radius 3 is 2.27 bits per heavy atom. The summed E-state index contributed by atoms with van der Waals surface area (Å²) < 4.78 is 59.6. The van der Waals surface area contributed by atoms with Crippen molar-refractivity contribution < 1.29 is 31.8 Å². The van der Waals surface area contributed by atoms with E-state index >= 15 is 0 Å². The minimum Gasteiger partial charge on any atom is -0.478 e. The Bertz CT molecular complexity index is 1180. The second-order valence-corrected chi connectivity index (χ2v) is 7.75. The van der Waals surface area contributed by atoms with E-state index in [-0.39, 0.29) is 11.5 Å². The summed E-state index contributed by atoms with van der Waals surface area (Å²) in [5, 5.41) is 8.79. The number of sulfonamides is 1. The van der Waals surface area contributed by atoms with E-state index in [4.69, 9.17) is 9.84 Å². The first kappa shape index (κ1) is 21.3. The van der Waals surface area contributed by atoms with Crippen molar-refractivity contribution in [2.24, 2.45) is 0 Å². The number of nitrogens with zero attached hydrogens (tertiary/aromatic N) is 2. The first-order chi connectivity index (χ1) is 14.2. The van der Waals surface area contributed by atoms with Crippen molar-refractivity contribution in [1.82, 2.24) is 9.97 Å². The second-order valence-electron chi connectivity index (χ2n) is 6.07. The van der Waals surface area contributed by atoms with Gasteiger partial charge >= 0.3 is 5.97 Å². The Hall–Kier alpha value is -3.44. The van der Waals surface area contributed by atoms with Crippen LogP contribution in [0.2, 0.25) is 0 Å². The van der Waals surface area contributed by atoms with Gasteiger partial charge < -0.3 is 9.84 Å². The summed E-state index contributed by atoms with van der Waals surface area (Å²) in [5.41, 5.74) is -0.327. The summed E-state index contributed by atoms with van der Waals surface area (Å²) in [6.07, 6.45) is 3.12. The molecule has 0 aliphatic heterocycles. The number of ether oxygens (including phenoxy) is 1. The maximum Gasteiger partial charge on any atom is 0.338 e. The molecule has 0 radical (unpaired) electrons. The SMILES string of the molecule is COCc1ncc(-c2ccc(S(=O)(=O)Nc3cc(F)c(C(=O)O)cc3F)cc2)cn1. The molecule has 0 fully saturated rings. The number of methoxy groups -OCH3 is 1. The largest absolute Gasteiger partial charge is 0.478 e. The molecule has 0 spiro atoms. The highest BCUT2D eigenvalue weighted by Gasteiger charge is 2.20. The number of carboxylic acid groups (broad SMARTS) is 1. The minimum atomic E-state index is -4.25. The molecule has 30 heavy (non-hydrogen) atoms. The number of hydrogen-bond acceptors (Lipinski definition) is 6. The Labute approximate surface area is 170 Å². The summed E-state index contributed by atoms with van der Waals surface area (Å²) in [6.45, 7) is 0.258. The molecule has 1 aromatic heterocycles. The number of benzene rings is 2. The summed E-state index contributed by atoms with van der Waals surface area (Å²) in [7, 11) is -2.73. The van der Waals surface area contributed by atoms with Crippen LogP contribution in [0.25, 0.3) is 11.1 Å². The Morgan fingerprint density at radius 2 is 1.70 bits per heavy atom. The molecule has 11 heteroatoms. The smallest absolute Gasteiger partial charge is 0.338 e. The molecule has 3 aromatic rings. The fourth-order valence-corrected chi connectivity index (χ4v) is 3.58. The predicted molar refractivity (Wildman–Crippen MR) is 102 cm³/mol. The summed E-state index contributed by atoms with van der Waals surface area (Å²) in [5.74, 6) is -3.67. The molecule has 2 N–H and O–H groups in total. The van der Waals surface area contributed by atoms with E-state index in [1.54, 1.807) is 12.4 Å². The normalized spacial score (nSPS) is 11.3. The van der Waals surface area contributed by atoms with Crippen LogP contribution in [0.5, 0.6) is 0 Å². The van der Waals surface area contributed by atoms with Crippen LogP contribution in [0.4, 0.5) is 14.5 Å². The minimum absolute atomic E-state index is 0.203. The van der Waals surface area contributed by atoms with Crippen LogP contribution >= 0.6 is 0 Å². The van der Waals surface area contributed by atoms with Gasteiger partial charge in [-0.05, 0) is 23.8 Å². The Morgan fingerprint density at radius 1 is 1.07 bits per heavy atom. The van der Waals surface area contributed by atoms with E-state index in [0.717, 1.165) is 0 Å². The molecule has 0 aliphatic carbocycles. The summed E-state index contributed by atoms with van der Waals surface area (Å²) in [6, 6.07) is 6.46. The number of carboxylic acids is 1. The van der Waals surface area contributed by atoms with Gasteiger partial charge in [-0.3, -0.25) is 4.72 Å². The topological polar surface area (TPSA) is 118 Å². The fourth-order valence-electron chi connectivity index (χ4n) is 2.53. The maximum absolute atomic E-state index is 14.0. The number of aromatic nitrogens is 2. The third kappa shape index (κ3) is 4.58. The predicted octanol–water partition coefficient (Wildman–Crippen LogP) is 3.07. The monoisotopic (exact) mass is 435 g/mol. The van der Waals surface area contributed by atoms with E-state index in [9.17, 15) is 22.0 Å². The fraction of sp³-hybridized carbons (Fsp3) is 0.105. The molecule has 0 unspecified atom stereocenters. The van der Waals surface area contributed by atoms with Crippen molar-refractivity contribution in [1.29, 1.82) is 0 Å². The highest BCUT2D eigenvalue weighted by molar-refractivity contribution is 7.92. The van der Waals surface area contributed by atoms with Crippen molar-refractivity contribution in [3.05, 3.63) is 71.8 Å². The van der Waals surface area contributed by atoms with Gasteiger partial charge in [-0.15, -0.1) is 0 Å². The lowest BCUT2D eigenvalue weighted by Crippen LogP contribution is -2.15. The van der Waals surface area contributed by atoms with Crippen molar-refractivity contribution >= 4 is 21.7 Å². The lowest BCUT2D eigenvalue weighted by Gasteiger charge is -2.11. The number of hydrogen-bond donors (Lipinski definition) is 2. The first-order valence-corrected chi connectivity index (χ1v) is 9.85. The van der Waals surface area contributed by atoms with Gasteiger partial charge in [-0.1, -0.05) is 12.1 Å². The number of aromatic carboxylic acids is 1. The lowest BCUT2D eigenvalue weighted by atomic mass is 10.1. The van der Waals surface area contributed by atoms with Crippen LogP contribution < -0.4 is 4.72 Å². The lowest BCUT2D eigenvalue weighted by molar-refractivity contribution is 0.0691. The summed E-state index contributed by atoms with van der Waals surface area (Å²) >= 11 is 0. The van der Waals surface area contributed by atoms with E-state index < -0.39 is 38.9 Å². The van der Waals surface area contributed by atoms with Crippen LogP contribution in [0.15, 0.2) is 53.7 Å². The van der Waals surface area contributed by atoms with Gasteiger partial charge in [-0.2, -0.15) is 0 Å².